The van der Waals surface area contributed by atoms with Gasteiger partial charge in [0.05, 0.1) is 14.5 Å². The Morgan fingerprint density at radius 2 is 2.29 bits per heavy atom. The number of hydrogen-bond acceptors (Lipinski definition) is 1. The number of halogens is 1. The molecule has 1 atom stereocenters. The summed E-state index contributed by atoms with van der Waals surface area (Å²) in [6, 6.07) is 0. The Labute approximate surface area is 43.9 Å². The molecule has 2 radical (unpaired) electrons. The zero-order valence-electron chi connectivity index (χ0n) is 4.10. The highest BCUT2D eigenvalue weighted by Crippen LogP contribution is 2.02. The van der Waals surface area contributed by atoms with Gasteiger partial charge < -0.3 is 5.11 Å². The average Bonchev–Trinajstić information content (AvgIpc) is 1.68. The second-order valence-corrected chi connectivity index (χ2v) is 1.43. The lowest BCUT2D eigenvalue weighted by molar-refractivity contribution is 0.277. The van der Waals surface area contributed by atoms with Crippen molar-refractivity contribution >= 4 is 7.85 Å². The van der Waals surface area contributed by atoms with Gasteiger partial charge in [-0.2, -0.15) is 0 Å². The molecule has 0 spiro atoms. The van der Waals surface area contributed by atoms with E-state index in [1.807, 2.05) is 0 Å². The molecule has 3 heteroatoms. The molecular weight excluding hydrogens is 93.9 g/mol. The highest BCUT2D eigenvalue weighted by Gasteiger charge is 1.96. The summed E-state index contributed by atoms with van der Waals surface area (Å²) in [6.07, 6.45) is 0.358. The lowest BCUT2D eigenvalue weighted by atomic mass is 9.86. The zero-order chi connectivity index (χ0) is 5.70. The fraction of sp³-hybridized carbons (Fsp3) is 1.00. The average molecular weight is 102 g/mol. The zero-order valence-corrected chi connectivity index (χ0v) is 4.10. The highest BCUT2D eigenvalue weighted by molar-refractivity contribution is 6.11. The van der Waals surface area contributed by atoms with E-state index in [0.717, 1.165) is 0 Å². The van der Waals surface area contributed by atoms with E-state index < -0.39 is 12.5 Å². The molecule has 0 aromatic carbocycles. The van der Waals surface area contributed by atoms with E-state index in [1.54, 1.807) is 0 Å². The van der Waals surface area contributed by atoms with Gasteiger partial charge >= 0.3 is 0 Å². The third kappa shape index (κ3) is 3.79. The van der Waals surface area contributed by atoms with Crippen LogP contribution in [0, 0.1) is 0 Å². The van der Waals surface area contributed by atoms with Crippen LogP contribution in [0.3, 0.4) is 0 Å². The Balaban J connectivity index is 2.83. The van der Waals surface area contributed by atoms with Gasteiger partial charge in [-0.3, -0.25) is 4.39 Å². The first-order chi connectivity index (χ1) is 3.31. The van der Waals surface area contributed by atoms with Crippen LogP contribution in [0.25, 0.3) is 0 Å². The minimum Gasteiger partial charge on any atom is -0.396 e. The van der Waals surface area contributed by atoms with Crippen molar-refractivity contribution in [1.29, 1.82) is 0 Å². The van der Waals surface area contributed by atoms with Gasteiger partial charge in [0.2, 0.25) is 0 Å². The Kier molecular flexibility index (Phi) is 4.10. The summed E-state index contributed by atoms with van der Waals surface area (Å²) in [6.45, 7) is -0.564. The first-order valence-corrected chi connectivity index (χ1v) is 2.23. The second kappa shape index (κ2) is 4.12. The Morgan fingerprint density at radius 3 is 2.43 bits per heavy atom. The molecule has 0 saturated carbocycles. The topological polar surface area (TPSA) is 20.2 Å². The maximum Gasteiger partial charge on any atom is 0.0845 e. The summed E-state index contributed by atoms with van der Waals surface area (Å²) in [4.78, 5) is 0. The molecule has 0 aliphatic heterocycles. The molecule has 0 aromatic rings. The quantitative estimate of drug-likeness (QED) is 0.508. The summed E-state index contributed by atoms with van der Waals surface area (Å²) in [7, 11) is 5.05. The van der Waals surface area contributed by atoms with Gasteiger partial charge in [0.1, 0.15) is 0 Å². The summed E-state index contributed by atoms with van der Waals surface area (Å²) < 4.78 is 11.3. The molecule has 1 N–H and O–H groups in total. The molecule has 0 amide bonds. The van der Waals surface area contributed by atoms with Crippen LogP contribution in [-0.4, -0.2) is 26.2 Å². The van der Waals surface area contributed by atoms with Crippen LogP contribution in [0.5, 0.6) is 0 Å². The highest BCUT2D eigenvalue weighted by atomic mass is 19.1. The molecule has 0 aliphatic rings. The molecule has 7 heavy (non-hydrogen) atoms. The number of aliphatic hydroxyl groups is 1. The number of aliphatic hydroxyl groups excluding tert-OH is 1. The minimum absolute atomic E-state index is 0.0227. The number of alkyl halides is 1. The van der Waals surface area contributed by atoms with E-state index in [9.17, 15) is 4.39 Å². The Hall–Kier alpha value is -0.0451. The van der Waals surface area contributed by atoms with Crippen LogP contribution in [0.1, 0.15) is 6.42 Å². The van der Waals surface area contributed by atoms with Gasteiger partial charge in [-0.15, -0.1) is 0 Å². The number of hydrogen-bond donors (Lipinski definition) is 1. The van der Waals surface area contributed by atoms with Crippen molar-refractivity contribution in [2.24, 2.45) is 0 Å². The van der Waals surface area contributed by atoms with Gasteiger partial charge in [0.15, 0.2) is 0 Å². The summed E-state index contributed by atoms with van der Waals surface area (Å²) in [5.74, 6) is -0.468. The van der Waals surface area contributed by atoms with Crippen molar-refractivity contribution in [1.82, 2.24) is 0 Å². The third-order valence-electron chi connectivity index (χ3n) is 0.698. The van der Waals surface area contributed by atoms with E-state index in [1.165, 1.54) is 0 Å². The first-order valence-electron chi connectivity index (χ1n) is 2.23. The molecular formula is C4H8BFO. The minimum atomic E-state index is -0.541. The van der Waals surface area contributed by atoms with Gasteiger partial charge in [0, 0.05) is 6.61 Å². The SMILES string of the molecule is [B]C(CF)CCO. The predicted molar refractivity (Wildman–Crippen MR) is 27.2 cm³/mol. The standard InChI is InChI=1S/C4H8BFO/c5-4(3-6)1-2-7/h4,7H,1-3H2. The van der Waals surface area contributed by atoms with E-state index >= 15 is 0 Å². The Bertz CT molecular complexity index is 42.7. The molecule has 1 unspecified atom stereocenters. The van der Waals surface area contributed by atoms with E-state index in [-0.39, 0.29) is 6.61 Å². The molecule has 0 heterocycles. The fourth-order valence-corrected chi connectivity index (χ4v) is 0.243. The van der Waals surface area contributed by atoms with Crippen LogP contribution < -0.4 is 0 Å². The third-order valence-corrected chi connectivity index (χ3v) is 0.698. The lowest BCUT2D eigenvalue weighted by Crippen LogP contribution is -1.96. The molecule has 0 aromatic heterocycles. The van der Waals surface area contributed by atoms with Gasteiger partial charge in [0.25, 0.3) is 0 Å². The van der Waals surface area contributed by atoms with Gasteiger partial charge in [-0.1, -0.05) is 0 Å². The van der Waals surface area contributed by atoms with Crippen LogP contribution in [0.4, 0.5) is 4.39 Å². The van der Waals surface area contributed by atoms with Crippen molar-refractivity contribution in [2.45, 2.75) is 12.2 Å². The summed E-state index contributed by atoms with van der Waals surface area (Å²) in [5, 5.41) is 8.12. The molecule has 0 saturated heterocycles. The molecule has 0 bridgehead atoms. The molecule has 40 valence electrons. The lowest BCUT2D eigenvalue weighted by Gasteiger charge is -1.99. The van der Waals surface area contributed by atoms with Crippen molar-refractivity contribution in [2.75, 3.05) is 13.3 Å². The van der Waals surface area contributed by atoms with Gasteiger partial charge in [-0.25, -0.2) is 0 Å². The van der Waals surface area contributed by atoms with E-state index in [2.05, 4.69) is 0 Å². The second-order valence-electron chi connectivity index (χ2n) is 1.43. The fourth-order valence-electron chi connectivity index (χ4n) is 0.243. The summed E-state index contributed by atoms with van der Waals surface area (Å²) in [5.41, 5.74) is 0. The Morgan fingerprint density at radius 1 is 1.71 bits per heavy atom. The maximum absolute atomic E-state index is 11.3. The largest absolute Gasteiger partial charge is 0.396 e. The first kappa shape index (κ1) is 6.95. The molecule has 0 aliphatic carbocycles. The monoisotopic (exact) mass is 102 g/mol. The van der Waals surface area contributed by atoms with Crippen LogP contribution in [0.2, 0.25) is 5.82 Å². The predicted octanol–water partition coefficient (Wildman–Crippen LogP) is 0.295. The van der Waals surface area contributed by atoms with Gasteiger partial charge in [-0.05, 0) is 12.2 Å². The smallest absolute Gasteiger partial charge is 0.0845 e. The van der Waals surface area contributed by atoms with E-state index in [0.29, 0.717) is 6.42 Å². The van der Waals surface area contributed by atoms with Crippen molar-refractivity contribution in [3.63, 3.8) is 0 Å². The maximum atomic E-state index is 11.3. The van der Waals surface area contributed by atoms with Crippen molar-refractivity contribution in [3.05, 3.63) is 0 Å². The number of rotatable bonds is 3. The van der Waals surface area contributed by atoms with E-state index in [4.69, 9.17) is 13.0 Å². The van der Waals surface area contributed by atoms with Crippen LogP contribution >= 0.6 is 0 Å². The van der Waals surface area contributed by atoms with Crippen molar-refractivity contribution in [3.8, 4) is 0 Å². The van der Waals surface area contributed by atoms with Crippen LogP contribution in [0.15, 0.2) is 0 Å². The summed E-state index contributed by atoms with van der Waals surface area (Å²) >= 11 is 0. The normalized spacial score (nSPS) is 14.0. The molecule has 1 nitrogen and oxygen atoms in total. The van der Waals surface area contributed by atoms with Crippen LogP contribution in [-0.2, 0) is 0 Å². The van der Waals surface area contributed by atoms with Crippen molar-refractivity contribution < 1.29 is 9.50 Å². The molecule has 0 rings (SSSR count). The molecule has 0 fully saturated rings.